The lowest BCUT2D eigenvalue weighted by molar-refractivity contribution is 0.0973. The van der Waals surface area contributed by atoms with Crippen LogP contribution in [-0.2, 0) is 29.7 Å². The molecule has 33 nitrogen and oxygen atoms in total. The molecule has 14 heterocycles. The molecular formula is C87H115FN24O9S3. The summed E-state index contributed by atoms with van der Waals surface area (Å²) in [7, 11) is -11.4. The van der Waals surface area contributed by atoms with E-state index < -0.39 is 53.4 Å². The van der Waals surface area contributed by atoms with Gasteiger partial charge in [-0.25, -0.2) is 70.9 Å². The molecule has 3 saturated heterocycles. The Kier molecular flexibility index (Phi) is 25.0. The third-order valence-corrected chi connectivity index (χ3v) is 29.1. The first-order valence-electron chi connectivity index (χ1n) is 42.9. The Bertz CT molecular complexity index is 5550. The number of fused-ring (bicyclic) bond motifs is 12. The lowest BCUT2D eigenvalue weighted by atomic mass is 9.93. The molecule has 17 rings (SSSR count). The summed E-state index contributed by atoms with van der Waals surface area (Å²) in [5.41, 5.74) is 6.76. The molecule has 3 amide bonds. The van der Waals surface area contributed by atoms with Gasteiger partial charge in [-0.2, -0.15) is 4.39 Å². The zero-order valence-electron chi connectivity index (χ0n) is 72.0. The minimum Gasteiger partial charge on any atom is -0.477 e. The van der Waals surface area contributed by atoms with Crippen LogP contribution in [0.1, 0.15) is 209 Å². The maximum Gasteiger partial charge on any atom is 0.267 e. The molecule has 8 aliphatic rings. The Labute approximate surface area is 724 Å². The van der Waals surface area contributed by atoms with E-state index in [1.54, 1.807) is 99.4 Å². The van der Waals surface area contributed by atoms with Gasteiger partial charge >= 0.3 is 0 Å². The first kappa shape index (κ1) is 88.0. The van der Waals surface area contributed by atoms with E-state index in [0.29, 0.717) is 144 Å². The van der Waals surface area contributed by atoms with Gasteiger partial charge in [-0.05, 0) is 270 Å². The molecule has 3 saturated carbocycles. The van der Waals surface area contributed by atoms with E-state index in [1.807, 2.05) is 12.1 Å². The molecule has 37 heteroatoms. The number of nitrogens with one attached hydrogen (secondary N) is 8. The largest absolute Gasteiger partial charge is 0.477 e. The number of ether oxygens (including phenoxy) is 3. The van der Waals surface area contributed by atoms with Gasteiger partial charge in [-0.15, -0.1) is 15.3 Å². The van der Waals surface area contributed by atoms with Crippen LogP contribution < -0.4 is 59.4 Å². The number of aromatic nitrogens is 12. The molecular weight excluding hydrogens is 1640 g/mol. The average molecular weight is 1760 g/mol. The van der Waals surface area contributed by atoms with Gasteiger partial charge in [-0.1, -0.05) is 39.0 Å². The third kappa shape index (κ3) is 21.0. The number of pyridine rings is 6. The smallest absolute Gasteiger partial charge is 0.267 e. The summed E-state index contributed by atoms with van der Waals surface area (Å²) in [6, 6.07) is 29.0. The van der Waals surface area contributed by atoms with Crippen molar-refractivity contribution in [1.29, 1.82) is 14.3 Å². The quantitative estimate of drug-likeness (QED) is 0.0285. The second-order valence-corrected chi connectivity index (χ2v) is 42.4. The van der Waals surface area contributed by atoms with Gasteiger partial charge in [0, 0.05) is 86.1 Å². The van der Waals surface area contributed by atoms with Crippen LogP contribution in [0.2, 0.25) is 0 Å². The highest BCUT2D eigenvalue weighted by Gasteiger charge is 2.46. The summed E-state index contributed by atoms with van der Waals surface area (Å²) in [4.78, 5) is 74.3. The van der Waals surface area contributed by atoms with Crippen molar-refractivity contribution in [2.75, 3.05) is 84.4 Å². The summed E-state index contributed by atoms with van der Waals surface area (Å²) >= 11 is 0. The van der Waals surface area contributed by atoms with Gasteiger partial charge in [0.15, 0.2) is 62.3 Å². The summed E-state index contributed by atoms with van der Waals surface area (Å²) < 4.78 is 109. The highest BCUT2D eigenvalue weighted by molar-refractivity contribution is 7.91. The van der Waals surface area contributed by atoms with Crippen LogP contribution in [-0.4, -0.2) is 165 Å². The van der Waals surface area contributed by atoms with Crippen molar-refractivity contribution in [3.05, 3.63) is 150 Å². The Hall–Kier alpha value is -10.9. The topological polar surface area (TPSA) is 428 Å². The van der Waals surface area contributed by atoms with Crippen LogP contribution in [0.25, 0.3) is 17.5 Å². The molecule has 6 atom stereocenters. The van der Waals surface area contributed by atoms with Crippen molar-refractivity contribution < 1.29 is 45.6 Å². The number of hydrogen-bond donors (Lipinski definition) is 9. The molecule has 9 aromatic heterocycles. The summed E-state index contributed by atoms with van der Waals surface area (Å²) in [6.45, 7) is 25.6. The number of carbonyl (C=O) groups excluding carboxylic acids is 3. The van der Waals surface area contributed by atoms with E-state index in [-0.39, 0.29) is 48.4 Å². The van der Waals surface area contributed by atoms with Crippen molar-refractivity contribution in [1.82, 2.24) is 73.4 Å². The highest BCUT2D eigenvalue weighted by Crippen LogP contribution is 2.50. The van der Waals surface area contributed by atoms with Crippen molar-refractivity contribution in [2.45, 2.75) is 210 Å². The number of hydrogen-bond acceptors (Lipinski definition) is 27. The van der Waals surface area contributed by atoms with Crippen molar-refractivity contribution in [2.24, 2.45) is 39.7 Å². The summed E-state index contributed by atoms with van der Waals surface area (Å²) in [5.74, 6) is 3.79. The predicted octanol–water partition coefficient (Wildman–Crippen LogP) is 14.1. The molecule has 9 aromatic rings. The van der Waals surface area contributed by atoms with Crippen LogP contribution in [0.3, 0.4) is 0 Å². The predicted molar refractivity (Wildman–Crippen MR) is 471 cm³/mol. The average Bonchev–Trinajstić information content (AvgIpc) is 1.61. The van der Waals surface area contributed by atoms with Crippen LogP contribution in [0.4, 0.5) is 33.5 Å². The number of amides is 3. The zero-order chi connectivity index (χ0) is 87.8. The Morgan fingerprint density at radius 2 is 0.952 bits per heavy atom. The van der Waals surface area contributed by atoms with Gasteiger partial charge in [0.25, 0.3) is 17.7 Å². The molecule has 3 aliphatic carbocycles. The van der Waals surface area contributed by atoms with Gasteiger partial charge < -0.3 is 45.3 Å². The number of nitrogens with zero attached hydrogens (tertiary/aromatic N) is 15. The third-order valence-electron chi connectivity index (χ3n) is 25.3. The maximum absolute atomic E-state index is 13.7. The molecule has 662 valence electrons. The van der Waals surface area contributed by atoms with E-state index in [0.717, 1.165) is 96.2 Å². The van der Waals surface area contributed by atoms with Crippen LogP contribution in [0.15, 0.2) is 143 Å². The fraction of sp³-hybridized carbons (Fsp3) is 0.517. The molecule has 0 radical (unpaired) electrons. The highest BCUT2D eigenvalue weighted by atomic mass is 32.2. The SMILES string of the molecule is CC1(CCOc2ccn(-c3ccc(C(=O)NS(=N)(=O)c4cccc(F)n4)c(N4CC(CCCN)CC4(C)C)n3)n2)CC1.CC1(CCOc2ccn(-c3ccc4c(n3)N3CC(CCCNc5cccc(n5)S(=N)(=O)NC4=O)CC3(C)C)n2)CC1.CC1(CCOc2ccn(-c3ccc4c(n3)N3CC(CCCNc5cccc(n5)S(=N)(=O)NC4=O)CC3(C)C)n2)CC1. The van der Waals surface area contributed by atoms with Crippen molar-refractivity contribution >= 4 is 76.6 Å². The molecule has 5 aliphatic heterocycles. The number of rotatable bonds is 22. The molecule has 10 N–H and O–H groups in total. The molecule has 0 aromatic carbocycles. The summed E-state index contributed by atoms with van der Waals surface area (Å²) in [6.07, 6.45) is 24.3. The minimum absolute atomic E-state index is 0.00115. The zero-order valence-corrected chi connectivity index (χ0v) is 74.5. The van der Waals surface area contributed by atoms with Gasteiger partial charge in [0.1, 0.15) is 29.1 Å². The normalized spacial score (nSPS) is 23.2. The first-order chi connectivity index (χ1) is 58.9. The number of carbonyl (C=O) groups is 3. The fourth-order valence-corrected chi connectivity index (χ4v) is 20.0. The molecule has 6 fully saturated rings. The van der Waals surface area contributed by atoms with Crippen molar-refractivity contribution in [3.8, 4) is 35.1 Å². The van der Waals surface area contributed by atoms with Crippen LogP contribution in [0.5, 0.6) is 17.6 Å². The van der Waals surface area contributed by atoms with Crippen molar-refractivity contribution in [3.63, 3.8) is 0 Å². The molecule has 6 unspecified atom stereocenters. The monoisotopic (exact) mass is 1750 g/mol. The van der Waals surface area contributed by atoms with E-state index in [1.165, 1.54) is 62.8 Å². The lowest BCUT2D eigenvalue weighted by Gasteiger charge is -2.34. The van der Waals surface area contributed by atoms with E-state index in [4.69, 9.17) is 49.2 Å². The van der Waals surface area contributed by atoms with E-state index >= 15 is 0 Å². The maximum atomic E-state index is 13.7. The lowest BCUT2D eigenvalue weighted by Crippen LogP contribution is -2.41. The molecule has 124 heavy (non-hydrogen) atoms. The van der Waals surface area contributed by atoms with Gasteiger partial charge in [0.05, 0.1) is 36.5 Å². The van der Waals surface area contributed by atoms with E-state index in [9.17, 15) is 31.4 Å². The minimum atomic E-state index is -3.94. The molecule has 0 spiro atoms. The summed E-state index contributed by atoms with van der Waals surface area (Å²) in [5, 5.41) is 19.9. The van der Waals surface area contributed by atoms with Gasteiger partial charge in [-0.3, -0.25) is 28.5 Å². The van der Waals surface area contributed by atoms with Crippen LogP contribution in [0, 0.1) is 54.3 Å². The molecule has 8 bridgehead atoms. The number of halogens is 1. The standard InChI is InChI=1S/C29H39FN8O3S.2C29H38N8O3S/c1-28(2)18-20(6-5-15-31)19-37(28)26-21(27(39)36-42(32,40)25-8-4-7-22(30)33-25)9-10-23(34-26)38-16-11-24(35-38)41-17-14-29(3)12-13-29;2*1-28(2)18-20-6-5-15-31-22-7-4-8-25(32-22)41(30,39)35-27(38)21-9-10-23(33-26(21)36(28)19-20)37-16-11-24(34-37)40-17-14-29(3)12-13-29/h4,7-11,16,20H,5-6,12-15,17-19,31H2,1-3H3,(H2,32,36,39,40);2*4,7-11,16,20H,5-6,12-15,17-19H2,1-3H3,(H,31,32)(H2,30,35,38,39). The number of anilines is 5. The Morgan fingerprint density at radius 3 is 1.38 bits per heavy atom. The Balaban J connectivity index is 0.000000144. The Morgan fingerprint density at radius 1 is 0.540 bits per heavy atom. The van der Waals surface area contributed by atoms with Gasteiger partial charge in [0.2, 0.25) is 23.6 Å². The van der Waals surface area contributed by atoms with E-state index in [2.05, 4.69) is 132 Å². The fourth-order valence-electron chi connectivity index (χ4n) is 17.1. The number of nitrogens with two attached hydrogens (primary N) is 1. The first-order valence-corrected chi connectivity index (χ1v) is 47.6. The second-order valence-electron chi connectivity index (χ2n) is 37.2. The second kappa shape index (κ2) is 35.2. The van der Waals surface area contributed by atoms with Crippen LogP contribution >= 0.6 is 0 Å².